The van der Waals surface area contributed by atoms with Gasteiger partial charge in [-0.15, -0.1) is 0 Å². The Morgan fingerprint density at radius 2 is 1.93 bits per heavy atom. The highest BCUT2D eigenvalue weighted by Crippen LogP contribution is 2.31. The minimum Gasteiger partial charge on any atom is -0.379 e. The summed E-state index contributed by atoms with van der Waals surface area (Å²) >= 11 is 0. The maximum Gasteiger partial charge on any atom is 0.293 e. The number of pyridine rings is 1. The molecule has 2 atom stereocenters. The number of benzene rings is 1. The van der Waals surface area contributed by atoms with Crippen LogP contribution in [0.3, 0.4) is 0 Å². The third kappa shape index (κ3) is 5.10. The Kier molecular flexibility index (Phi) is 6.49. The van der Waals surface area contributed by atoms with Crippen molar-refractivity contribution >= 4 is 21.4 Å². The van der Waals surface area contributed by atoms with Crippen LogP contribution in [-0.4, -0.2) is 42.3 Å². The Balaban J connectivity index is 1.79. The molecule has 1 saturated heterocycles. The van der Waals surface area contributed by atoms with Crippen LogP contribution in [0, 0.1) is 22.0 Å². The zero-order valence-electron chi connectivity index (χ0n) is 16.6. The molecule has 0 amide bonds. The van der Waals surface area contributed by atoms with E-state index >= 15 is 0 Å². The first kappa shape index (κ1) is 21.2. The maximum absolute atomic E-state index is 13.0. The van der Waals surface area contributed by atoms with Crippen LogP contribution in [0.2, 0.25) is 0 Å². The summed E-state index contributed by atoms with van der Waals surface area (Å²) in [5.74, 6) is 0.520. The molecule has 29 heavy (non-hydrogen) atoms. The molecule has 2 aromatic rings. The molecular weight excluding hydrogens is 392 g/mol. The van der Waals surface area contributed by atoms with E-state index in [0.29, 0.717) is 31.7 Å². The molecule has 0 bridgehead atoms. The Morgan fingerprint density at radius 3 is 2.55 bits per heavy atom. The first-order valence-corrected chi connectivity index (χ1v) is 11.1. The summed E-state index contributed by atoms with van der Waals surface area (Å²) in [5, 5.41) is 14.6. The first-order chi connectivity index (χ1) is 13.8. The van der Waals surface area contributed by atoms with E-state index < -0.39 is 14.9 Å². The third-order valence-electron chi connectivity index (χ3n) is 5.06. The fourth-order valence-electron chi connectivity index (χ4n) is 3.79. The predicted molar refractivity (Wildman–Crippen MR) is 111 cm³/mol. The number of nitrogens with zero attached hydrogens (tertiary/aromatic N) is 3. The zero-order valence-corrected chi connectivity index (χ0v) is 17.4. The summed E-state index contributed by atoms with van der Waals surface area (Å²) in [6, 6.07) is 9.65. The molecule has 9 heteroatoms. The standard InChI is InChI=1S/C20H26N4O4S/c1-15-11-16(2)14-23(13-15)29(27,28)18-6-7-19(20(12-18)24(25)26)22-10-8-17-5-3-4-9-21-17/h3-7,9,12,15-16,22H,8,10-11,13-14H2,1-2H3/t15-,16-/m0/s1. The van der Waals surface area contributed by atoms with Gasteiger partial charge in [-0.1, -0.05) is 19.9 Å². The zero-order chi connectivity index (χ0) is 21.0. The molecule has 0 aliphatic carbocycles. The van der Waals surface area contributed by atoms with Gasteiger partial charge in [0.2, 0.25) is 10.0 Å². The van der Waals surface area contributed by atoms with Crippen LogP contribution in [0.1, 0.15) is 26.0 Å². The second-order valence-corrected chi connectivity index (χ2v) is 9.64. The van der Waals surface area contributed by atoms with Crippen LogP contribution in [-0.2, 0) is 16.4 Å². The van der Waals surface area contributed by atoms with Gasteiger partial charge in [0, 0.05) is 44.0 Å². The summed E-state index contributed by atoms with van der Waals surface area (Å²) < 4.78 is 27.5. The lowest BCUT2D eigenvalue weighted by molar-refractivity contribution is -0.384. The van der Waals surface area contributed by atoms with Crippen LogP contribution in [0.5, 0.6) is 0 Å². The van der Waals surface area contributed by atoms with E-state index in [1.807, 2.05) is 32.0 Å². The van der Waals surface area contributed by atoms with Gasteiger partial charge < -0.3 is 5.32 Å². The molecule has 0 spiro atoms. The number of hydrogen-bond acceptors (Lipinski definition) is 6. The van der Waals surface area contributed by atoms with Crippen molar-refractivity contribution < 1.29 is 13.3 Å². The SMILES string of the molecule is C[C@H]1C[C@H](C)CN(S(=O)(=O)c2ccc(NCCc3ccccn3)c([N+](=O)[O-])c2)C1. The third-order valence-corrected chi connectivity index (χ3v) is 6.89. The molecule has 0 unspecified atom stereocenters. The Labute approximate surface area is 171 Å². The Hall–Kier alpha value is -2.52. The molecule has 2 heterocycles. The van der Waals surface area contributed by atoms with Crippen LogP contribution in [0.4, 0.5) is 11.4 Å². The van der Waals surface area contributed by atoms with E-state index in [1.165, 1.54) is 16.4 Å². The summed E-state index contributed by atoms with van der Waals surface area (Å²) in [6.07, 6.45) is 3.27. The summed E-state index contributed by atoms with van der Waals surface area (Å²) in [5.41, 5.74) is 0.922. The van der Waals surface area contributed by atoms with Crippen molar-refractivity contribution in [2.75, 3.05) is 25.0 Å². The van der Waals surface area contributed by atoms with E-state index in [2.05, 4.69) is 10.3 Å². The monoisotopic (exact) mass is 418 g/mol. The normalized spacial score (nSPS) is 20.3. The number of aromatic nitrogens is 1. The Morgan fingerprint density at radius 1 is 1.21 bits per heavy atom. The van der Waals surface area contributed by atoms with Crippen LogP contribution < -0.4 is 5.32 Å². The maximum atomic E-state index is 13.0. The molecule has 1 N–H and O–H groups in total. The highest BCUT2D eigenvalue weighted by molar-refractivity contribution is 7.89. The summed E-state index contributed by atoms with van der Waals surface area (Å²) in [7, 11) is -3.77. The molecule has 1 aromatic carbocycles. The van der Waals surface area contributed by atoms with E-state index in [4.69, 9.17) is 0 Å². The number of anilines is 1. The summed E-state index contributed by atoms with van der Waals surface area (Å²) in [4.78, 5) is 15.2. The van der Waals surface area contributed by atoms with Gasteiger partial charge in [0.1, 0.15) is 5.69 Å². The molecule has 1 fully saturated rings. The van der Waals surface area contributed by atoms with Gasteiger partial charge in [-0.3, -0.25) is 15.1 Å². The lowest BCUT2D eigenvalue weighted by atomic mass is 9.94. The van der Waals surface area contributed by atoms with Gasteiger partial charge >= 0.3 is 0 Å². The number of sulfonamides is 1. The van der Waals surface area contributed by atoms with Gasteiger partial charge in [0.25, 0.3) is 5.69 Å². The fraction of sp³-hybridized carbons (Fsp3) is 0.450. The van der Waals surface area contributed by atoms with Crippen LogP contribution in [0.25, 0.3) is 0 Å². The second kappa shape index (κ2) is 8.87. The quantitative estimate of drug-likeness (QED) is 0.546. The van der Waals surface area contributed by atoms with Crippen molar-refractivity contribution in [1.82, 2.24) is 9.29 Å². The van der Waals surface area contributed by atoms with E-state index in [1.54, 1.807) is 6.20 Å². The molecular formula is C20H26N4O4S. The second-order valence-electron chi connectivity index (χ2n) is 7.70. The minimum atomic E-state index is -3.77. The van der Waals surface area contributed by atoms with Crippen molar-refractivity contribution in [2.24, 2.45) is 11.8 Å². The molecule has 1 aromatic heterocycles. The number of piperidine rings is 1. The van der Waals surface area contributed by atoms with Crippen molar-refractivity contribution in [3.8, 4) is 0 Å². The van der Waals surface area contributed by atoms with Gasteiger partial charge in [0.05, 0.1) is 9.82 Å². The largest absolute Gasteiger partial charge is 0.379 e. The van der Waals surface area contributed by atoms with Crippen LogP contribution >= 0.6 is 0 Å². The average Bonchev–Trinajstić information content (AvgIpc) is 2.68. The van der Waals surface area contributed by atoms with Crippen molar-refractivity contribution in [3.63, 3.8) is 0 Å². The minimum absolute atomic E-state index is 0.0409. The van der Waals surface area contributed by atoms with Crippen LogP contribution in [0.15, 0.2) is 47.5 Å². The predicted octanol–water partition coefficient (Wildman–Crippen LogP) is 3.31. The van der Waals surface area contributed by atoms with Crippen molar-refractivity contribution in [1.29, 1.82) is 0 Å². The number of rotatable bonds is 7. The lowest BCUT2D eigenvalue weighted by Gasteiger charge is -2.34. The van der Waals surface area contributed by atoms with E-state index in [0.717, 1.165) is 18.2 Å². The number of nitro benzene ring substituents is 1. The first-order valence-electron chi connectivity index (χ1n) is 9.69. The lowest BCUT2D eigenvalue weighted by Crippen LogP contribution is -2.42. The summed E-state index contributed by atoms with van der Waals surface area (Å²) in [6.45, 7) is 5.37. The highest BCUT2D eigenvalue weighted by atomic mass is 32.2. The average molecular weight is 419 g/mol. The smallest absolute Gasteiger partial charge is 0.293 e. The van der Waals surface area contributed by atoms with Gasteiger partial charge in [0.15, 0.2) is 0 Å². The number of nitro groups is 1. The molecule has 0 radical (unpaired) electrons. The number of nitrogens with one attached hydrogen (secondary N) is 1. The molecule has 156 valence electrons. The van der Waals surface area contributed by atoms with Gasteiger partial charge in [-0.25, -0.2) is 8.42 Å². The van der Waals surface area contributed by atoms with Crippen molar-refractivity contribution in [2.45, 2.75) is 31.6 Å². The molecule has 1 aliphatic rings. The van der Waals surface area contributed by atoms with Crippen molar-refractivity contribution in [3.05, 3.63) is 58.4 Å². The number of hydrogen-bond donors (Lipinski definition) is 1. The van der Waals surface area contributed by atoms with E-state index in [9.17, 15) is 18.5 Å². The highest BCUT2D eigenvalue weighted by Gasteiger charge is 2.33. The van der Waals surface area contributed by atoms with Gasteiger partial charge in [-0.2, -0.15) is 4.31 Å². The topological polar surface area (TPSA) is 105 Å². The fourth-order valence-corrected chi connectivity index (χ4v) is 5.49. The molecule has 0 saturated carbocycles. The Bertz CT molecular complexity index is 956. The van der Waals surface area contributed by atoms with Gasteiger partial charge in [-0.05, 0) is 42.5 Å². The molecule has 1 aliphatic heterocycles. The molecule has 3 rings (SSSR count). The van der Waals surface area contributed by atoms with E-state index in [-0.39, 0.29) is 22.4 Å². The molecule has 8 nitrogen and oxygen atoms in total.